The van der Waals surface area contributed by atoms with Gasteiger partial charge in [-0.3, -0.25) is 4.79 Å². The van der Waals surface area contributed by atoms with Crippen LogP contribution in [-0.2, 0) is 9.53 Å². The monoisotopic (exact) mass is 314 g/mol. The van der Waals surface area contributed by atoms with E-state index in [1.807, 2.05) is 0 Å². The summed E-state index contributed by atoms with van der Waals surface area (Å²) < 4.78 is 40.6. The van der Waals surface area contributed by atoms with Gasteiger partial charge in [-0.2, -0.15) is 13.2 Å². The molecule has 5 nitrogen and oxygen atoms in total. The van der Waals surface area contributed by atoms with Gasteiger partial charge in [0, 0.05) is 16.6 Å². The number of aromatic nitrogens is 1. The lowest BCUT2D eigenvalue weighted by atomic mass is 10.1. The molecular weight excluding hydrogens is 301 g/mol. The molecule has 1 aromatic carbocycles. The fourth-order valence-corrected chi connectivity index (χ4v) is 1.99. The smallest absolute Gasteiger partial charge is 0.405 e. The lowest BCUT2D eigenvalue weighted by Crippen LogP contribution is -2.36. The molecule has 1 amide bonds. The summed E-state index contributed by atoms with van der Waals surface area (Å²) in [5.74, 6) is -1.78. The molecule has 0 aliphatic heterocycles. The number of H-pyrrole nitrogens is 1. The van der Waals surface area contributed by atoms with E-state index < -0.39 is 31.2 Å². The molecule has 0 saturated carbocycles. The van der Waals surface area contributed by atoms with Gasteiger partial charge in [0.05, 0.1) is 5.56 Å². The Labute approximate surface area is 123 Å². The number of fused-ring (bicyclic) bond motifs is 1. The highest BCUT2D eigenvalue weighted by Crippen LogP contribution is 2.22. The molecule has 118 valence electrons. The van der Waals surface area contributed by atoms with Crippen molar-refractivity contribution in [1.82, 2.24) is 10.3 Å². The van der Waals surface area contributed by atoms with Crippen LogP contribution in [0.15, 0.2) is 24.3 Å². The quantitative estimate of drug-likeness (QED) is 0.851. The Morgan fingerprint density at radius 1 is 1.27 bits per heavy atom. The Kier molecular flexibility index (Phi) is 4.39. The van der Waals surface area contributed by atoms with E-state index in [0.717, 1.165) is 5.52 Å². The van der Waals surface area contributed by atoms with Crippen molar-refractivity contribution in [1.29, 1.82) is 0 Å². The van der Waals surface area contributed by atoms with E-state index in [1.165, 1.54) is 0 Å². The van der Waals surface area contributed by atoms with Crippen LogP contribution in [0.3, 0.4) is 0 Å². The molecular formula is C14H13F3N2O3. The number of esters is 1. The summed E-state index contributed by atoms with van der Waals surface area (Å²) in [5, 5.41) is 2.25. The minimum atomic E-state index is -4.51. The molecule has 0 atom stereocenters. The number of ether oxygens (including phenoxy) is 1. The van der Waals surface area contributed by atoms with E-state index >= 15 is 0 Å². The fourth-order valence-electron chi connectivity index (χ4n) is 1.99. The van der Waals surface area contributed by atoms with Crippen LogP contribution in [0.5, 0.6) is 0 Å². The Morgan fingerprint density at radius 3 is 2.64 bits per heavy atom. The maximum atomic E-state index is 12.0. The molecule has 0 fully saturated rings. The second-order valence-electron chi connectivity index (χ2n) is 4.64. The Morgan fingerprint density at radius 2 is 1.95 bits per heavy atom. The van der Waals surface area contributed by atoms with E-state index in [4.69, 9.17) is 4.74 Å². The number of carbonyl (C=O) groups excluding carboxylic acids is 2. The molecule has 0 saturated heterocycles. The second-order valence-corrected chi connectivity index (χ2v) is 4.64. The number of alkyl halides is 3. The van der Waals surface area contributed by atoms with Gasteiger partial charge < -0.3 is 15.0 Å². The predicted octanol–water partition coefficient (Wildman–Crippen LogP) is 2.31. The Hall–Kier alpha value is -2.51. The Balaban J connectivity index is 2.00. The zero-order chi connectivity index (χ0) is 16.3. The molecule has 1 heterocycles. The van der Waals surface area contributed by atoms with Crippen molar-refractivity contribution in [2.24, 2.45) is 0 Å². The van der Waals surface area contributed by atoms with Crippen LogP contribution in [0.4, 0.5) is 13.2 Å². The summed E-state index contributed by atoms with van der Waals surface area (Å²) in [6.07, 6.45) is -4.51. The van der Waals surface area contributed by atoms with E-state index in [2.05, 4.69) is 4.98 Å². The number of para-hydroxylation sites is 1. The third-order valence-corrected chi connectivity index (χ3v) is 2.92. The van der Waals surface area contributed by atoms with E-state index in [1.54, 1.807) is 36.5 Å². The van der Waals surface area contributed by atoms with E-state index in [9.17, 15) is 22.8 Å². The van der Waals surface area contributed by atoms with Crippen LogP contribution in [0.2, 0.25) is 0 Å². The Bertz CT molecular complexity index is 707. The van der Waals surface area contributed by atoms with Crippen LogP contribution in [0.25, 0.3) is 10.9 Å². The first kappa shape index (κ1) is 15.9. The van der Waals surface area contributed by atoms with Crippen LogP contribution in [0.1, 0.15) is 16.1 Å². The minimum absolute atomic E-state index is 0.263. The molecule has 0 aliphatic carbocycles. The summed E-state index contributed by atoms with van der Waals surface area (Å²) in [4.78, 5) is 26.2. The van der Waals surface area contributed by atoms with Gasteiger partial charge in [0.2, 0.25) is 0 Å². The van der Waals surface area contributed by atoms with Gasteiger partial charge in [-0.05, 0) is 13.0 Å². The zero-order valence-corrected chi connectivity index (χ0v) is 11.6. The van der Waals surface area contributed by atoms with Crippen LogP contribution in [-0.4, -0.2) is 36.2 Å². The van der Waals surface area contributed by atoms with Crippen molar-refractivity contribution in [3.8, 4) is 0 Å². The molecule has 0 unspecified atom stereocenters. The van der Waals surface area contributed by atoms with Gasteiger partial charge in [0.15, 0.2) is 6.61 Å². The first-order valence-electron chi connectivity index (χ1n) is 6.36. The van der Waals surface area contributed by atoms with Gasteiger partial charge in [0.1, 0.15) is 6.54 Å². The maximum absolute atomic E-state index is 12.0. The number of rotatable bonds is 4. The van der Waals surface area contributed by atoms with Gasteiger partial charge in [-0.1, -0.05) is 18.2 Å². The summed E-state index contributed by atoms with van der Waals surface area (Å²) >= 11 is 0. The lowest BCUT2D eigenvalue weighted by Gasteiger charge is -2.08. The normalized spacial score (nSPS) is 11.5. The fraction of sp³-hybridized carbons (Fsp3) is 0.286. The van der Waals surface area contributed by atoms with Gasteiger partial charge in [0.25, 0.3) is 5.91 Å². The topological polar surface area (TPSA) is 71.2 Å². The first-order chi connectivity index (χ1) is 10.3. The molecule has 2 aromatic rings. The second kappa shape index (κ2) is 6.08. The zero-order valence-electron chi connectivity index (χ0n) is 11.6. The first-order valence-corrected chi connectivity index (χ1v) is 6.36. The number of amides is 1. The molecule has 0 aliphatic rings. The summed E-state index contributed by atoms with van der Waals surface area (Å²) in [6, 6.07) is 7.01. The van der Waals surface area contributed by atoms with Gasteiger partial charge in [-0.15, -0.1) is 0 Å². The summed E-state index contributed by atoms with van der Waals surface area (Å²) in [6.45, 7) is -0.566. The van der Waals surface area contributed by atoms with Crippen LogP contribution in [0, 0.1) is 6.92 Å². The van der Waals surface area contributed by atoms with Crippen molar-refractivity contribution in [3.63, 3.8) is 0 Å². The molecule has 8 heteroatoms. The van der Waals surface area contributed by atoms with Crippen molar-refractivity contribution in [2.45, 2.75) is 13.1 Å². The highest BCUT2D eigenvalue weighted by atomic mass is 19.4. The van der Waals surface area contributed by atoms with Crippen LogP contribution >= 0.6 is 0 Å². The number of benzene rings is 1. The van der Waals surface area contributed by atoms with E-state index in [0.29, 0.717) is 11.1 Å². The third-order valence-electron chi connectivity index (χ3n) is 2.92. The largest absolute Gasteiger partial charge is 0.452 e. The number of hydrogen-bond acceptors (Lipinski definition) is 3. The number of aromatic amines is 1. The van der Waals surface area contributed by atoms with Crippen molar-refractivity contribution in [2.75, 3.05) is 13.2 Å². The molecule has 2 N–H and O–H groups in total. The van der Waals surface area contributed by atoms with Gasteiger partial charge >= 0.3 is 12.1 Å². The molecule has 22 heavy (non-hydrogen) atoms. The van der Waals surface area contributed by atoms with Crippen molar-refractivity contribution in [3.05, 3.63) is 35.5 Å². The molecule has 0 spiro atoms. The predicted molar refractivity (Wildman–Crippen MR) is 72.4 cm³/mol. The number of nitrogens with one attached hydrogen (secondary N) is 2. The average Bonchev–Trinajstić information content (AvgIpc) is 2.77. The molecule has 1 aromatic heterocycles. The average molecular weight is 314 g/mol. The third kappa shape index (κ3) is 3.78. The van der Waals surface area contributed by atoms with E-state index in [-0.39, 0.29) is 5.56 Å². The van der Waals surface area contributed by atoms with Crippen molar-refractivity contribution < 1.29 is 27.5 Å². The molecule has 0 bridgehead atoms. The standard InChI is InChI=1S/C14H13F3N2O3/c1-8-12(9-4-2-3-5-10(9)19-8)13(21)22-6-11(20)18-7-14(15,16)17/h2-5,19H,6-7H2,1H3,(H,18,20). The summed E-state index contributed by atoms with van der Waals surface area (Å²) in [7, 11) is 0. The maximum Gasteiger partial charge on any atom is 0.405 e. The highest BCUT2D eigenvalue weighted by molar-refractivity contribution is 6.05. The number of hydrogen-bond donors (Lipinski definition) is 2. The summed E-state index contributed by atoms with van der Waals surface area (Å²) in [5.41, 5.74) is 1.55. The van der Waals surface area contributed by atoms with Gasteiger partial charge in [-0.25, -0.2) is 4.79 Å². The minimum Gasteiger partial charge on any atom is -0.452 e. The molecule has 0 radical (unpaired) electrons. The number of halogens is 3. The lowest BCUT2D eigenvalue weighted by molar-refractivity contribution is -0.140. The van der Waals surface area contributed by atoms with Crippen molar-refractivity contribution >= 4 is 22.8 Å². The molecule has 2 rings (SSSR count). The SMILES string of the molecule is Cc1[nH]c2ccccc2c1C(=O)OCC(=O)NCC(F)(F)F. The van der Waals surface area contributed by atoms with Crippen LogP contribution < -0.4 is 5.32 Å². The highest BCUT2D eigenvalue weighted by Gasteiger charge is 2.28. The number of aryl methyl sites for hydroxylation is 1. The number of carbonyl (C=O) groups is 2.